The van der Waals surface area contributed by atoms with Crippen molar-refractivity contribution in [2.45, 2.75) is 78.0 Å². The van der Waals surface area contributed by atoms with E-state index >= 15 is 0 Å². The van der Waals surface area contributed by atoms with Crippen molar-refractivity contribution >= 4 is 6.09 Å². The average molecular weight is 257 g/mol. The van der Waals surface area contributed by atoms with Crippen LogP contribution >= 0.6 is 0 Å². The minimum absolute atomic E-state index is 0.0835. The smallest absolute Gasteiger partial charge is 0.407 e. The molecule has 0 saturated heterocycles. The summed E-state index contributed by atoms with van der Waals surface area (Å²) in [5, 5.41) is 12.9. The molecule has 0 aromatic rings. The highest BCUT2D eigenvalue weighted by molar-refractivity contribution is 5.68. The van der Waals surface area contributed by atoms with Gasteiger partial charge in [-0.3, -0.25) is 0 Å². The summed E-state index contributed by atoms with van der Waals surface area (Å²) in [6.07, 6.45) is 1.84. The molecule has 18 heavy (non-hydrogen) atoms. The van der Waals surface area contributed by atoms with Gasteiger partial charge in [0.1, 0.15) is 5.60 Å². The maximum Gasteiger partial charge on any atom is 0.407 e. The van der Waals surface area contributed by atoms with Crippen LogP contribution in [0.3, 0.4) is 0 Å². The van der Waals surface area contributed by atoms with Gasteiger partial charge in [0.25, 0.3) is 0 Å². The number of hydrogen-bond acceptors (Lipinski definition) is 3. The Labute approximate surface area is 110 Å². The van der Waals surface area contributed by atoms with E-state index in [0.717, 1.165) is 12.8 Å². The summed E-state index contributed by atoms with van der Waals surface area (Å²) < 4.78 is 5.27. The van der Waals surface area contributed by atoms with E-state index in [9.17, 15) is 9.90 Å². The highest BCUT2D eigenvalue weighted by Crippen LogP contribution is 2.42. The zero-order chi connectivity index (χ0) is 14.2. The van der Waals surface area contributed by atoms with Gasteiger partial charge in [-0.2, -0.15) is 0 Å². The lowest BCUT2D eigenvalue weighted by Crippen LogP contribution is -2.47. The molecule has 1 fully saturated rings. The number of alkyl carbamates (subject to hydrolysis) is 1. The van der Waals surface area contributed by atoms with Crippen molar-refractivity contribution in [3.8, 4) is 0 Å². The van der Waals surface area contributed by atoms with Crippen LogP contribution in [-0.4, -0.2) is 28.4 Å². The van der Waals surface area contributed by atoms with Gasteiger partial charge in [-0.1, -0.05) is 20.8 Å². The third-order valence-electron chi connectivity index (χ3n) is 3.15. The van der Waals surface area contributed by atoms with Gasteiger partial charge >= 0.3 is 6.09 Å². The maximum absolute atomic E-state index is 11.8. The molecule has 0 aromatic heterocycles. The van der Waals surface area contributed by atoms with Gasteiger partial charge < -0.3 is 15.2 Å². The van der Waals surface area contributed by atoms with E-state index in [4.69, 9.17) is 4.74 Å². The van der Waals surface area contributed by atoms with E-state index in [2.05, 4.69) is 26.1 Å². The maximum atomic E-state index is 11.8. The van der Waals surface area contributed by atoms with E-state index in [1.165, 1.54) is 0 Å². The molecule has 4 heteroatoms. The van der Waals surface area contributed by atoms with Gasteiger partial charge in [0.2, 0.25) is 0 Å². The fourth-order valence-electron chi connectivity index (χ4n) is 1.75. The Morgan fingerprint density at radius 3 is 2.11 bits per heavy atom. The first-order valence-corrected chi connectivity index (χ1v) is 6.63. The second kappa shape index (κ2) is 4.72. The molecular weight excluding hydrogens is 230 g/mol. The van der Waals surface area contributed by atoms with Crippen molar-refractivity contribution < 1.29 is 14.6 Å². The molecule has 1 rings (SSSR count). The minimum atomic E-state index is -0.576. The van der Waals surface area contributed by atoms with Crippen LogP contribution in [0.15, 0.2) is 0 Å². The molecule has 106 valence electrons. The van der Waals surface area contributed by atoms with Crippen LogP contribution in [0, 0.1) is 5.41 Å². The standard InChI is InChI=1S/C14H27NO3/c1-12(2,3)10(9-14(17)7-8-14)15-11(16)18-13(4,5)6/h10,17H,7-9H2,1-6H3,(H,15,16). The van der Waals surface area contributed by atoms with Gasteiger partial charge in [0.05, 0.1) is 5.60 Å². The molecule has 0 spiro atoms. The van der Waals surface area contributed by atoms with Crippen LogP contribution in [0.4, 0.5) is 4.79 Å². The normalized spacial score (nSPS) is 20.2. The average Bonchev–Trinajstić information content (AvgIpc) is 2.77. The van der Waals surface area contributed by atoms with Crippen LogP contribution in [-0.2, 0) is 4.74 Å². The number of rotatable bonds is 3. The molecule has 1 aliphatic carbocycles. The van der Waals surface area contributed by atoms with E-state index in [0.29, 0.717) is 6.42 Å². The van der Waals surface area contributed by atoms with Gasteiger partial charge in [-0.15, -0.1) is 0 Å². The Hall–Kier alpha value is -0.770. The summed E-state index contributed by atoms with van der Waals surface area (Å²) in [5.41, 5.74) is -1.18. The zero-order valence-electron chi connectivity index (χ0n) is 12.5. The fourth-order valence-corrected chi connectivity index (χ4v) is 1.75. The van der Waals surface area contributed by atoms with Crippen molar-refractivity contribution in [2.75, 3.05) is 0 Å². The van der Waals surface area contributed by atoms with Crippen LogP contribution in [0.5, 0.6) is 0 Å². The first-order chi connectivity index (χ1) is 7.91. The van der Waals surface area contributed by atoms with Crippen LogP contribution in [0.2, 0.25) is 0 Å². The van der Waals surface area contributed by atoms with Crippen molar-refractivity contribution in [3.05, 3.63) is 0 Å². The van der Waals surface area contributed by atoms with E-state index < -0.39 is 17.3 Å². The summed E-state index contributed by atoms with van der Waals surface area (Å²) >= 11 is 0. The Balaban J connectivity index is 2.59. The third kappa shape index (κ3) is 5.25. The molecule has 0 aromatic carbocycles. The van der Waals surface area contributed by atoms with Gasteiger partial charge in [0.15, 0.2) is 0 Å². The molecule has 1 saturated carbocycles. The number of carbonyl (C=O) groups is 1. The topological polar surface area (TPSA) is 58.6 Å². The number of aliphatic hydroxyl groups is 1. The number of carbonyl (C=O) groups excluding carboxylic acids is 1. The SMILES string of the molecule is CC(C)(C)OC(=O)NC(CC1(O)CC1)C(C)(C)C. The molecule has 1 aliphatic rings. The Bertz CT molecular complexity index is 308. The number of nitrogens with one attached hydrogen (secondary N) is 1. The number of amides is 1. The summed E-state index contributed by atoms with van der Waals surface area (Å²) in [6, 6.07) is -0.0835. The lowest BCUT2D eigenvalue weighted by molar-refractivity contribution is 0.0400. The van der Waals surface area contributed by atoms with Crippen molar-refractivity contribution in [2.24, 2.45) is 5.41 Å². The Morgan fingerprint density at radius 2 is 1.78 bits per heavy atom. The molecule has 4 nitrogen and oxygen atoms in total. The van der Waals surface area contributed by atoms with E-state index in [1.807, 2.05) is 20.8 Å². The van der Waals surface area contributed by atoms with Crippen molar-refractivity contribution in [1.29, 1.82) is 0 Å². The molecule has 2 N–H and O–H groups in total. The summed E-state index contributed by atoms with van der Waals surface area (Å²) in [5.74, 6) is 0. The molecule has 1 atom stereocenters. The molecule has 1 amide bonds. The molecule has 1 unspecified atom stereocenters. The zero-order valence-corrected chi connectivity index (χ0v) is 12.5. The van der Waals surface area contributed by atoms with E-state index in [1.54, 1.807) is 0 Å². The summed E-state index contributed by atoms with van der Waals surface area (Å²) in [7, 11) is 0. The number of hydrogen-bond donors (Lipinski definition) is 2. The second-order valence-electron chi connectivity index (χ2n) is 7.49. The lowest BCUT2D eigenvalue weighted by atomic mass is 9.83. The van der Waals surface area contributed by atoms with Gasteiger partial charge in [0, 0.05) is 6.04 Å². The Kier molecular flexibility index (Phi) is 4.01. The highest BCUT2D eigenvalue weighted by Gasteiger charge is 2.45. The predicted molar refractivity (Wildman–Crippen MR) is 71.4 cm³/mol. The van der Waals surface area contributed by atoms with Crippen molar-refractivity contribution in [1.82, 2.24) is 5.32 Å². The Morgan fingerprint density at radius 1 is 1.28 bits per heavy atom. The molecular formula is C14H27NO3. The van der Waals surface area contributed by atoms with Gasteiger partial charge in [-0.25, -0.2) is 4.79 Å². The second-order valence-corrected chi connectivity index (χ2v) is 7.49. The summed E-state index contributed by atoms with van der Waals surface area (Å²) in [4.78, 5) is 11.8. The third-order valence-corrected chi connectivity index (χ3v) is 3.15. The molecule has 0 heterocycles. The fraction of sp³-hybridized carbons (Fsp3) is 0.929. The van der Waals surface area contributed by atoms with E-state index in [-0.39, 0.29) is 11.5 Å². The first-order valence-electron chi connectivity index (χ1n) is 6.63. The first kappa shape index (κ1) is 15.3. The molecule has 0 radical (unpaired) electrons. The lowest BCUT2D eigenvalue weighted by Gasteiger charge is -2.33. The largest absolute Gasteiger partial charge is 0.444 e. The van der Waals surface area contributed by atoms with Crippen molar-refractivity contribution in [3.63, 3.8) is 0 Å². The number of ether oxygens (including phenoxy) is 1. The highest BCUT2D eigenvalue weighted by atomic mass is 16.6. The molecule has 0 bridgehead atoms. The van der Waals surface area contributed by atoms with Crippen LogP contribution < -0.4 is 5.32 Å². The van der Waals surface area contributed by atoms with Crippen LogP contribution in [0.1, 0.15) is 60.8 Å². The minimum Gasteiger partial charge on any atom is -0.444 e. The monoisotopic (exact) mass is 257 g/mol. The molecule has 0 aliphatic heterocycles. The van der Waals surface area contributed by atoms with Crippen LogP contribution in [0.25, 0.3) is 0 Å². The quantitative estimate of drug-likeness (QED) is 0.817. The summed E-state index contributed by atoms with van der Waals surface area (Å²) in [6.45, 7) is 11.7. The van der Waals surface area contributed by atoms with Gasteiger partial charge in [-0.05, 0) is 45.4 Å². The predicted octanol–water partition coefficient (Wildman–Crippen LogP) is 2.84.